The average molecular weight is 403 g/mol. The molecule has 0 bridgehead atoms. The maximum absolute atomic E-state index is 12.8. The van der Waals surface area contributed by atoms with Gasteiger partial charge in [-0.1, -0.05) is 32.0 Å². The lowest BCUT2D eigenvalue weighted by Crippen LogP contribution is -2.53. The second-order valence-corrected chi connectivity index (χ2v) is 7.63. The van der Waals surface area contributed by atoms with Gasteiger partial charge in [-0.05, 0) is 48.2 Å². The number of para-hydroxylation sites is 1. The average Bonchev–Trinajstić information content (AvgIpc) is 2.64. The summed E-state index contributed by atoms with van der Waals surface area (Å²) < 4.78 is 0. The summed E-state index contributed by atoms with van der Waals surface area (Å²) in [6.45, 7) is 5.50. The van der Waals surface area contributed by atoms with E-state index < -0.39 is 0 Å². The summed E-state index contributed by atoms with van der Waals surface area (Å²) in [6.07, 6.45) is 0.804. The van der Waals surface area contributed by atoms with Crippen LogP contribution in [0.5, 0.6) is 0 Å². The van der Waals surface area contributed by atoms with Gasteiger partial charge in [0.15, 0.2) is 0 Å². The summed E-state index contributed by atoms with van der Waals surface area (Å²) in [7, 11) is 0. The number of carbonyl (C=O) groups is 2. The zero-order valence-corrected chi connectivity index (χ0v) is 17.0. The Bertz CT molecular complexity index is 809. The summed E-state index contributed by atoms with van der Waals surface area (Å²) in [5.41, 5.74) is 8.01. The number of benzene rings is 2. The molecule has 28 heavy (non-hydrogen) atoms. The van der Waals surface area contributed by atoms with E-state index in [-0.39, 0.29) is 35.8 Å². The Kier molecular flexibility index (Phi) is 7.05. The SMILES string of the molecule is CC1(C)CN(C(=O)c2ccc(NC(=O)Nc3ccccc3)cc2)CCC1N.Cl. The van der Waals surface area contributed by atoms with Crippen LogP contribution in [0.15, 0.2) is 54.6 Å². The summed E-state index contributed by atoms with van der Waals surface area (Å²) in [5, 5.41) is 5.52. The molecule has 1 aliphatic rings. The molecule has 0 saturated carbocycles. The van der Waals surface area contributed by atoms with Gasteiger partial charge in [0, 0.05) is 36.1 Å². The number of nitrogens with zero attached hydrogens (tertiary/aromatic N) is 1. The zero-order valence-electron chi connectivity index (χ0n) is 16.1. The highest BCUT2D eigenvalue weighted by atomic mass is 35.5. The summed E-state index contributed by atoms with van der Waals surface area (Å²) in [4.78, 5) is 26.7. The minimum absolute atomic E-state index is 0. The Balaban J connectivity index is 0.00000280. The van der Waals surface area contributed by atoms with E-state index in [0.29, 0.717) is 30.0 Å². The first-order valence-electron chi connectivity index (χ1n) is 9.13. The standard InChI is InChI=1S/C21H26N4O2.ClH/c1-21(2)14-25(13-12-18(21)22)19(26)15-8-10-17(11-9-15)24-20(27)23-16-6-4-3-5-7-16;/h3-11,18H,12-14,22H2,1-2H3,(H2,23,24,27);1H. The van der Waals surface area contributed by atoms with E-state index in [4.69, 9.17) is 5.73 Å². The summed E-state index contributed by atoms with van der Waals surface area (Å²) in [6, 6.07) is 15.9. The van der Waals surface area contributed by atoms with Crippen LogP contribution in [-0.2, 0) is 0 Å². The molecule has 1 atom stereocenters. The predicted octanol–water partition coefficient (Wildman–Crippen LogP) is 3.95. The van der Waals surface area contributed by atoms with E-state index in [9.17, 15) is 9.59 Å². The van der Waals surface area contributed by atoms with Crippen molar-refractivity contribution in [2.24, 2.45) is 11.1 Å². The number of piperidine rings is 1. The summed E-state index contributed by atoms with van der Waals surface area (Å²) in [5.74, 6) is -0.00439. The van der Waals surface area contributed by atoms with Crippen molar-refractivity contribution in [2.75, 3.05) is 23.7 Å². The van der Waals surface area contributed by atoms with Gasteiger partial charge in [0.05, 0.1) is 0 Å². The van der Waals surface area contributed by atoms with E-state index in [1.807, 2.05) is 35.2 Å². The monoisotopic (exact) mass is 402 g/mol. The molecule has 1 unspecified atom stereocenters. The van der Waals surface area contributed by atoms with Crippen LogP contribution in [-0.4, -0.2) is 36.0 Å². The highest BCUT2D eigenvalue weighted by Gasteiger charge is 2.35. The largest absolute Gasteiger partial charge is 0.338 e. The molecular formula is C21H27ClN4O2. The first-order valence-corrected chi connectivity index (χ1v) is 9.13. The molecule has 0 spiro atoms. The maximum Gasteiger partial charge on any atom is 0.323 e. The van der Waals surface area contributed by atoms with Crippen LogP contribution in [0.1, 0.15) is 30.6 Å². The topological polar surface area (TPSA) is 87.5 Å². The van der Waals surface area contributed by atoms with Crippen molar-refractivity contribution in [1.29, 1.82) is 0 Å². The highest BCUT2D eigenvalue weighted by Crippen LogP contribution is 2.28. The van der Waals surface area contributed by atoms with Crippen LogP contribution in [0.25, 0.3) is 0 Å². The Morgan fingerprint density at radius 2 is 1.57 bits per heavy atom. The number of rotatable bonds is 3. The number of halogens is 1. The zero-order chi connectivity index (χ0) is 19.4. The molecule has 2 aromatic rings. The number of amides is 3. The molecule has 3 amide bonds. The minimum atomic E-state index is -0.327. The number of anilines is 2. The van der Waals surface area contributed by atoms with Crippen LogP contribution < -0.4 is 16.4 Å². The molecule has 1 heterocycles. The molecule has 4 N–H and O–H groups in total. The molecule has 3 rings (SSSR count). The lowest BCUT2D eigenvalue weighted by molar-refractivity contribution is 0.0533. The highest BCUT2D eigenvalue weighted by molar-refractivity contribution is 6.00. The molecule has 6 nitrogen and oxygen atoms in total. The molecular weight excluding hydrogens is 376 g/mol. The molecule has 0 radical (unpaired) electrons. The van der Waals surface area contributed by atoms with E-state index >= 15 is 0 Å². The van der Waals surface area contributed by atoms with Gasteiger partial charge in [-0.25, -0.2) is 4.79 Å². The van der Waals surface area contributed by atoms with Crippen molar-refractivity contribution >= 4 is 35.7 Å². The molecule has 1 saturated heterocycles. The van der Waals surface area contributed by atoms with Crippen LogP contribution in [0.3, 0.4) is 0 Å². The number of hydrogen-bond donors (Lipinski definition) is 3. The van der Waals surface area contributed by atoms with Gasteiger partial charge in [0.1, 0.15) is 0 Å². The van der Waals surface area contributed by atoms with E-state index in [1.165, 1.54) is 0 Å². The van der Waals surface area contributed by atoms with Gasteiger partial charge in [-0.3, -0.25) is 4.79 Å². The predicted molar refractivity (Wildman–Crippen MR) is 115 cm³/mol. The van der Waals surface area contributed by atoms with E-state index in [0.717, 1.165) is 6.42 Å². The van der Waals surface area contributed by atoms with Crippen molar-refractivity contribution in [3.63, 3.8) is 0 Å². The number of hydrogen-bond acceptors (Lipinski definition) is 3. The Morgan fingerprint density at radius 3 is 2.14 bits per heavy atom. The number of nitrogens with one attached hydrogen (secondary N) is 2. The lowest BCUT2D eigenvalue weighted by Gasteiger charge is -2.42. The van der Waals surface area contributed by atoms with E-state index in [2.05, 4.69) is 24.5 Å². The van der Waals surface area contributed by atoms with Gasteiger partial charge >= 0.3 is 6.03 Å². The minimum Gasteiger partial charge on any atom is -0.338 e. The van der Waals surface area contributed by atoms with Gasteiger partial charge < -0.3 is 21.3 Å². The molecule has 7 heteroatoms. The maximum atomic E-state index is 12.8. The molecule has 0 aliphatic carbocycles. The number of urea groups is 1. The third-order valence-electron chi connectivity index (χ3n) is 5.02. The van der Waals surface area contributed by atoms with Crippen molar-refractivity contribution in [1.82, 2.24) is 4.90 Å². The smallest absolute Gasteiger partial charge is 0.323 e. The molecule has 1 fully saturated rings. The third-order valence-corrected chi connectivity index (χ3v) is 5.02. The van der Waals surface area contributed by atoms with E-state index in [1.54, 1.807) is 24.3 Å². The Labute approximate surface area is 171 Å². The van der Waals surface area contributed by atoms with Crippen LogP contribution in [0.2, 0.25) is 0 Å². The Hall–Kier alpha value is -2.57. The molecule has 150 valence electrons. The van der Waals surface area contributed by atoms with Crippen LogP contribution in [0.4, 0.5) is 16.2 Å². The fraction of sp³-hybridized carbons (Fsp3) is 0.333. The van der Waals surface area contributed by atoms with Crippen molar-refractivity contribution in [2.45, 2.75) is 26.3 Å². The van der Waals surface area contributed by atoms with Gasteiger partial charge in [-0.2, -0.15) is 0 Å². The first kappa shape index (κ1) is 21.7. The van der Waals surface area contributed by atoms with Gasteiger partial charge in [-0.15, -0.1) is 12.4 Å². The quantitative estimate of drug-likeness (QED) is 0.726. The fourth-order valence-electron chi connectivity index (χ4n) is 3.24. The molecule has 2 aromatic carbocycles. The molecule has 1 aliphatic heterocycles. The second kappa shape index (κ2) is 9.08. The van der Waals surface area contributed by atoms with Crippen molar-refractivity contribution < 1.29 is 9.59 Å². The van der Waals surface area contributed by atoms with Crippen LogP contribution in [0, 0.1) is 5.41 Å². The van der Waals surface area contributed by atoms with Crippen LogP contribution >= 0.6 is 12.4 Å². The first-order chi connectivity index (χ1) is 12.8. The number of carbonyl (C=O) groups excluding carboxylic acids is 2. The Morgan fingerprint density at radius 1 is 1.00 bits per heavy atom. The number of likely N-dealkylation sites (tertiary alicyclic amines) is 1. The number of nitrogens with two attached hydrogens (primary N) is 1. The van der Waals surface area contributed by atoms with Crippen molar-refractivity contribution in [3.8, 4) is 0 Å². The fourth-order valence-corrected chi connectivity index (χ4v) is 3.24. The van der Waals surface area contributed by atoms with Gasteiger partial charge in [0.25, 0.3) is 5.91 Å². The summed E-state index contributed by atoms with van der Waals surface area (Å²) >= 11 is 0. The van der Waals surface area contributed by atoms with Gasteiger partial charge in [0.2, 0.25) is 0 Å². The molecule has 0 aromatic heterocycles. The lowest BCUT2D eigenvalue weighted by atomic mass is 9.79. The third kappa shape index (κ3) is 5.24. The van der Waals surface area contributed by atoms with Crippen molar-refractivity contribution in [3.05, 3.63) is 60.2 Å². The normalized spacial score (nSPS) is 18.0. The second-order valence-electron chi connectivity index (χ2n) is 7.63.